The van der Waals surface area contributed by atoms with E-state index in [1.54, 1.807) is 7.11 Å². The molecule has 3 aliphatic rings. The summed E-state index contributed by atoms with van der Waals surface area (Å²) in [6.07, 6.45) is 3.23. The van der Waals surface area contributed by atoms with Gasteiger partial charge in [-0.2, -0.15) is 0 Å². The Morgan fingerprint density at radius 2 is 2.18 bits per heavy atom. The second-order valence-electron chi connectivity index (χ2n) is 7.20. The molecule has 2 aliphatic carbocycles. The van der Waals surface area contributed by atoms with Gasteiger partial charge in [-0.25, -0.2) is 0 Å². The molecule has 3 atom stereocenters. The molecule has 2 unspecified atom stereocenters. The van der Waals surface area contributed by atoms with Crippen LogP contribution in [0.4, 0.5) is 0 Å². The SMILES string of the molecule is COc1ccc2c(c1)[C@@]13CCN(C)C(C2)C1(O)CCC(=O)C3. The minimum atomic E-state index is -0.798. The maximum Gasteiger partial charge on any atom is 0.134 e. The molecular weight excluding hydrogens is 278 g/mol. The molecule has 2 fully saturated rings. The van der Waals surface area contributed by atoms with Gasteiger partial charge in [-0.05, 0) is 56.1 Å². The van der Waals surface area contributed by atoms with E-state index in [9.17, 15) is 9.90 Å². The summed E-state index contributed by atoms with van der Waals surface area (Å²) < 4.78 is 5.40. The molecule has 1 N–H and O–H groups in total. The molecule has 1 aromatic rings. The Kier molecular flexibility index (Phi) is 2.94. The van der Waals surface area contributed by atoms with Crippen LogP contribution in [-0.4, -0.2) is 48.1 Å². The third-order valence-electron chi connectivity index (χ3n) is 6.33. The highest BCUT2D eigenvalue weighted by molar-refractivity contribution is 5.82. The van der Waals surface area contributed by atoms with Crippen molar-refractivity contribution in [3.63, 3.8) is 0 Å². The zero-order chi connectivity index (χ0) is 15.5. The van der Waals surface area contributed by atoms with Crippen molar-refractivity contribution in [2.75, 3.05) is 20.7 Å². The van der Waals surface area contributed by atoms with Crippen LogP contribution in [0, 0.1) is 0 Å². The molecule has 4 heteroatoms. The Morgan fingerprint density at radius 1 is 1.36 bits per heavy atom. The van der Waals surface area contributed by atoms with E-state index in [2.05, 4.69) is 24.1 Å². The summed E-state index contributed by atoms with van der Waals surface area (Å²) in [5.74, 6) is 1.09. The quantitative estimate of drug-likeness (QED) is 0.857. The summed E-state index contributed by atoms with van der Waals surface area (Å²) in [5.41, 5.74) is 1.18. The minimum absolute atomic E-state index is 0.107. The predicted octanol–water partition coefficient (Wildman–Crippen LogP) is 1.68. The monoisotopic (exact) mass is 301 g/mol. The number of likely N-dealkylation sites (N-methyl/N-ethyl adjacent to an activating group) is 1. The summed E-state index contributed by atoms with van der Waals surface area (Å²) in [6.45, 7) is 0.927. The lowest BCUT2D eigenvalue weighted by molar-refractivity contribution is -0.168. The normalized spacial score (nSPS) is 37.4. The van der Waals surface area contributed by atoms with Crippen molar-refractivity contribution < 1.29 is 14.6 Å². The Balaban J connectivity index is 1.96. The molecule has 1 aliphatic heterocycles. The fourth-order valence-corrected chi connectivity index (χ4v) is 5.13. The number of nitrogens with zero attached hydrogens (tertiary/aromatic N) is 1. The Hall–Kier alpha value is -1.39. The smallest absolute Gasteiger partial charge is 0.134 e. The molecule has 0 aromatic heterocycles. The first kappa shape index (κ1) is 14.2. The Morgan fingerprint density at radius 3 is 2.95 bits per heavy atom. The molecule has 118 valence electrons. The van der Waals surface area contributed by atoms with Crippen molar-refractivity contribution in [1.29, 1.82) is 0 Å². The van der Waals surface area contributed by atoms with Crippen molar-refractivity contribution >= 4 is 5.78 Å². The van der Waals surface area contributed by atoms with Crippen LogP contribution in [0.15, 0.2) is 18.2 Å². The van der Waals surface area contributed by atoms with Crippen LogP contribution in [0.5, 0.6) is 5.75 Å². The average Bonchev–Trinajstić information content (AvgIpc) is 2.51. The largest absolute Gasteiger partial charge is 0.497 e. The van der Waals surface area contributed by atoms with Crippen molar-refractivity contribution in [2.24, 2.45) is 0 Å². The van der Waals surface area contributed by atoms with E-state index in [1.165, 1.54) is 5.56 Å². The summed E-state index contributed by atoms with van der Waals surface area (Å²) in [7, 11) is 3.76. The number of ketones is 1. The number of carbonyl (C=O) groups is 1. The molecule has 1 aromatic carbocycles. The number of piperidine rings is 1. The third-order valence-corrected chi connectivity index (χ3v) is 6.33. The van der Waals surface area contributed by atoms with Crippen LogP contribution in [0.1, 0.15) is 36.8 Å². The molecule has 1 saturated heterocycles. The van der Waals surface area contributed by atoms with Gasteiger partial charge in [0.15, 0.2) is 0 Å². The van der Waals surface area contributed by atoms with Crippen molar-refractivity contribution in [2.45, 2.75) is 49.2 Å². The van der Waals surface area contributed by atoms with E-state index in [4.69, 9.17) is 4.74 Å². The summed E-state index contributed by atoms with van der Waals surface area (Å²) in [6, 6.07) is 6.26. The first-order valence-corrected chi connectivity index (χ1v) is 8.12. The molecule has 4 rings (SSSR count). The van der Waals surface area contributed by atoms with Gasteiger partial charge >= 0.3 is 0 Å². The predicted molar refractivity (Wildman–Crippen MR) is 83.2 cm³/mol. The average molecular weight is 301 g/mol. The van der Waals surface area contributed by atoms with Gasteiger partial charge in [0.05, 0.1) is 12.7 Å². The van der Waals surface area contributed by atoms with E-state index >= 15 is 0 Å². The van der Waals surface area contributed by atoms with Crippen LogP contribution < -0.4 is 4.74 Å². The summed E-state index contributed by atoms with van der Waals surface area (Å²) >= 11 is 0. The van der Waals surface area contributed by atoms with Gasteiger partial charge in [0, 0.05) is 24.3 Å². The van der Waals surface area contributed by atoms with Gasteiger partial charge < -0.3 is 14.7 Å². The number of rotatable bonds is 1. The second-order valence-corrected chi connectivity index (χ2v) is 7.20. The van der Waals surface area contributed by atoms with E-state index in [0.717, 1.165) is 30.7 Å². The lowest BCUT2D eigenvalue weighted by Gasteiger charge is -2.62. The number of hydrogen-bond acceptors (Lipinski definition) is 4. The van der Waals surface area contributed by atoms with Gasteiger partial charge in [0.2, 0.25) is 0 Å². The molecule has 0 spiro atoms. The van der Waals surface area contributed by atoms with E-state index in [-0.39, 0.29) is 11.8 Å². The van der Waals surface area contributed by atoms with Crippen LogP contribution in [0.2, 0.25) is 0 Å². The number of Topliss-reactive ketones (excluding diaryl/α,β-unsaturated/α-hetero) is 1. The van der Waals surface area contributed by atoms with Crippen LogP contribution >= 0.6 is 0 Å². The zero-order valence-electron chi connectivity index (χ0n) is 13.3. The van der Waals surface area contributed by atoms with Gasteiger partial charge in [-0.15, -0.1) is 0 Å². The Bertz CT molecular complexity index is 643. The first-order chi connectivity index (χ1) is 10.5. The lowest BCUT2D eigenvalue weighted by atomic mass is 9.49. The number of carbonyl (C=O) groups excluding carboxylic acids is 1. The summed E-state index contributed by atoms with van der Waals surface area (Å²) in [4.78, 5) is 14.5. The van der Waals surface area contributed by atoms with Crippen molar-refractivity contribution in [3.8, 4) is 5.75 Å². The van der Waals surface area contributed by atoms with Gasteiger partial charge in [-0.3, -0.25) is 4.79 Å². The second kappa shape index (κ2) is 4.56. The highest BCUT2D eigenvalue weighted by atomic mass is 16.5. The minimum Gasteiger partial charge on any atom is -0.497 e. The fourth-order valence-electron chi connectivity index (χ4n) is 5.13. The van der Waals surface area contributed by atoms with Gasteiger partial charge in [0.1, 0.15) is 11.5 Å². The molecule has 0 radical (unpaired) electrons. The molecule has 1 saturated carbocycles. The maximum atomic E-state index is 12.2. The van der Waals surface area contributed by atoms with E-state index in [0.29, 0.717) is 19.3 Å². The molecular formula is C18H23NO3. The molecule has 22 heavy (non-hydrogen) atoms. The van der Waals surface area contributed by atoms with Crippen LogP contribution in [-0.2, 0) is 16.6 Å². The van der Waals surface area contributed by atoms with E-state index < -0.39 is 11.0 Å². The fraction of sp³-hybridized carbons (Fsp3) is 0.611. The van der Waals surface area contributed by atoms with Crippen molar-refractivity contribution in [3.05, 3.63) is 29.3 Å². The van der Waals surface area contributed by atoms with E-state index in [1.807, 2.05) is 6.07 Å². The van der Waals surface area contributed by atoms with Gasteiger partial charge in [-0.1, -0.05) is 6.07 Å². The number of hydrogen-bond donors (Lipinski definition) is 1. The number of benzene rings is 1. The zero-order valence-corrected chi connectivity index (χ0v) is 13.3. The maximum absolute atomic E-state index is 12.2. The Labute approximate surface area is 131 Å². The number of likely N-dealkylation sites (tertiary alicyclic amines) is 1. The number of aliphatic hydroxyl groups is 1. The topological polar surface area (TPSA) is 49.8 Å². The number of methoxy groups -OCH3 is 1. The lowest BCUT2D eigenvalue weighted by Crippen LogP contribution is -2.72. The molecule has 4 nitrogen and oxygen atoms in total. The third kappa shape index (κ3) is 1.62. The number of ether oxygens (including phenoxy) is 1. The standard InChI is InChI=1S/C18H23NO3/c1-19-8-7-17-11-13(20)5-6-18(17,21)16(19)9-12-3-4-14(22-2)10-15(12)17/h3-4,10,16,21H,5-9,11H2,1-2H3/t16?,17-,18?/m0/s1. The van der Waals surface area contributed by atoms with Gasteiger partial charge in [0.25, 0.3) is 0 Å². The molecule has 1 heterocycles. The summed E-state index contributed by atoms with van der Waals surface area (Å²) in [5, 5.41) is 11.6. The van der Waals surface area contributed by atoms with Crippen LogP contribution in [0.25, 0.3) is 0 Å². The van der Waals surface area contributed by atoms with Crippen molar-refractivity contribution in [1.82, 2.24) is 4.90 Å². The number of fused-ring (bicyclic) bond motifs is 1. The molecule has 0 amide bonds. The molecule has 2 bridgehead atoms. The van der Waals surface area contributed by atoms with Crippen LogP contribution in [0.3, 0.4) is 0 Å². The first-order valence-electron chi connectivity index (χ1n) is 8.12. The highest BCUT2D eigenvalue weighted by Crippen LogP contribution is 2.57. The highest BCUT2D eigenvalue weighted by Gasteiger charge is 2.64.